The van der Waals surface area contributed by atoms with Crippen molar-refractivity contribution in [2.45, 2.75) is 6.92 Å². The third-order valence-corrected chi connectivity index (χ3v) is 3.15. The summed E-state index contributed by atoms with van der Waals surface area (Å²) >= 11 is 5.91. The van der Waals surface area contributed by atoms with Crippen molar-refractivity contribution in [3.8, 4) is 5.75 Å². The first kappa shape index (κ1) is 14.4. The van der Waals surface area contributed by atoms with Gasteiger partial charge in [0, 0.05) is 23.3 Å². The molecule has 0 atom stereocenters. The predicted octanol–water partition coefficient (Wildman–Crippen LogP) is 4.02. The summed E-state index contributed by atoms with van der Waals surface area (Å²) in [5.41, 5.74) is 1.37. The number of amides is 1. The van der Waals surface area contributed by atoms with Gasteiger partial charge in [-0.25, -0.2) is 0 Å². The van der Waals surface area contributed by atoms with Crippen LogP contribution in [0.15, 0.2) is 48.5 Å². The van der Waals surface area contributed by atoms with Gasteiger partial charge in [0.2, 0.25) is 0 Å². The van der Waals surface area contributed by atoms with Crippen molar-refractivity contribution in [1.29, 1.82) is 0 Å². The molecule has 0 saturated heterocycles. The lowest BCUT2D eigenvalue weighted by Crippen LogP contribution is -2.26. The zero-order valence-corrected chi connectivity index (χ0v) is 12.2. The second kappa shape index (κ2) is 6.44. The van der Waals surface area contributed by atoms with E-state index in [1.807, 2.05) is 31.2 Å². The van der Waals surface area contributed by atoms with Crippen LogP contribution >= 0.6 is 11.6 Å². The van der Waals surface area contributed by atoms with Crippen molar-refractivity contribution in [2.75, 3.05) is 18.6 Å². The van der Waals surface area contributed by atoms with Crippen LogP contribution in [0.2, 0.25) is 5.02 Å². The maximum Gasteiger partial charge on any atom is 0.258 e. The molecule has 0 aromatic heterocycles. The van der Waals surface area contributed by atoms with Crippen LogP contribution in [-0.2, 0) is 0 Å². The smallest absolute Gasteiger partial charge is 0.258 e. The molecule has 4 heteroatoms. The van der Waals surface area contributed by atoms with E-state index in [2.05, 4.69) is 0 Å². The summed E-state index contributed by atoms with van der Waals surface area (Å²) in [5.74, 6) is 0.691. The average Bonchev–Trinajstić information content (AvgIpc) is 2.47. The molecule has 0 heterocycles. The van der Waals surface area contributed by atoms with E-state index in [-0.39, 0.29) is 5.91 Å². The Balaban J connectivity index is 2.18. The van der Waals surface area contributed by atoms with Crippen LogP contribution < -0.4 is 9.64 Å². The number of benzene rings is 2. The van der Waals surface area contributed by atoms with Crippen molar-refractivity contribution < 1.29 is 9.53 Å². The molecule has 3 nitrogen and oxygen atoms in total. The van der Waals surface area contributed by atoms with Gasteiger partial charge in [-0.15, -0.1) is 0 Å². The number of hydrogen-bond donors (Lipinski definition) is 0. The molecule has 0 saturated carbocycles. The van der Waals surface area contributed by atoms with Gasteiger partial charge in [-0.05, 0) is 49.4 Å². The zero-order chi connectivity index (χ0) is 14.5. The average molecular weight is 290 g/mol. The summed E-state index contributed by atoms with van der Waals surface area (Å²) < 4.78 is 5.38. The van der Waals surface area contributed by atoms with Crippen LogP contribution in [0.5, 0.6) is 5.75 Å². The number of carbonyl (C=O) groups is 1. The van der Waals surface area contributed by atoms with Crippen LogP contribution in [0.3, 0.4) is 0 Å². The minimum atomic E-state index is -0.100. The Bertz CT molecular complexity index is 596. The van der Waals surface area contributed by atoms with Gasteiger partial charge in [0.15, 0.2) is 0 Å². The summed E-state index contributed by atoms with van der Waals surface area (Å²) in [6.07, 6.45) is 0. The topological polar surface area (TPSA) is 29.5 Å². The molecule has 104 valence electrons. The highest BCUT2D eigenvalue weighted by molar-refractivity contribution is 6.31. The molecule has 0 radical (unpaired) electrons. The Morgan fingerprint density at radius 3 is 2.50 bits per heavy atom. The largest absolute Gasteiger partial charge is 0.494 e. The number of halogens is 1. The number of anilines is 1. The maximum atomic E-state index is 12.3. The summed E-state index contributed by atoms with van der Waals surface area (Å²) in [7, 11) is 1.74. The van der Waals surface area contributed by atoms with Crippen molar-refractivity contribution in [1.82, 2.24) is 0 Å². The monoisotopic (exact) mass is 289 g/mol. The normalized spacial score (nSPS) is 10.2. The third kappa shape index (κ3) is 3.31. The van der Waals surface area contributed by atoms with Crippen LogP contribution in [-0.4, -0.2) is 19.6 Å². The lowest BCUT2D eigenvalue weighted by molar-refractivity contribution is 0.0993. The van der Waals surface area contributed by atoms with E-state index in [0.717, 1.165) is 11.4 Å². The van der Waals surface area contributed by atoms with E-state index in [0.29, 0.717) is 17.2 Å². The van der Waals surface area contributed by atoms with Crippen molar-refractivity contribution >= 4 is 23.2 Å². The van der Waals surface area contributed by atoms with Gasteiger partial charge >= 0.3 is 0 Å². The number of ether oxygens (including phenoxy) is 1. The molecule has 0 bridgehead atoms. The fourth-order valence-electron chi connectivity index (χ4n) is 1.87. The summed E-state index contributed by atoms with van der Waals surface area (Å²) in [4.78, 5) is 13.9. The zero-order valence-electron chi connectivity index (χ0n) is 11.5. The van der Waals surface area contributed by atoms with E-state index < -0.39 is 0 Å². The van der Waals surface area contributed by atoms with Gasteiger partial charge in [0.05, 0.1) is 6.61 Å². The molecule has 0 fully saturated rings. The first-order valence-electron chi connectivity index (χ1n) is 6.38. The summed E-state index contributed by atoms with van der Waals surface area (Å²) in [6.45, 7) is 2.55. The fraction of sp³-hybridized carbons (Fsp3) is 0.188. The number of hydrogen-bond acceptors (Lipinski definition) is 2. The van der Waals surface area contributed by atoms with Gasteiger partial charge in [0.25, 0.3) is 5.91 Å². The van der Waals surface area contributed by atoms with E-state index in [9.17, 15) is 4.79 Å². The Hall–Kier alpha value is -2.00. The first-order valence-corrected chi connectivity index (χ1v) is 6.76. The molecule has 0 N–H and O–H groups in total. The minimum absolute atomic E-state index is 0.100. The van der Waals surface area contributed by atoms with E-state index in [1.54, 1.807) is 36.2 Å². The molecule has 0 aliphatic rings. The Morgan fingerprint density at radius 2 is 1.90 bits per heavy atom. The summed E-state index contributed by atoms with van der Waals surface area (Å²) in [5, 5.41) is 0.552. The maximum absolute atomic E-state index is 12.3. The van der Waals surface area contributed by atoms with Gasteiger partial charge in [-0.3, -0.25) is 4.79 Å². The highest BCUT2D eigenvalue weighted by Gasteiger charge is 2.13. The Morgan fingerprint density at radius 1 is 1.20 bits per heavy atom. The second-order valence-corrected chi connectivity index (χ2v) is 4.74. The third-order valence-electron chi connectivity index (χ3n) is 2.91. The predicted molar refractivity (Wildman–Crippen MR) is 81.8 cm³/mol. The number of carbonyl (C=O) groups excluding carboxylic acids is 1. The molecular weight excluding hydrogens is 274 g/mol. The van der Waals surface area contributed by atoms with Crippen LogP contribution in [0, 0.1) is 0 Å². The molecule has 2 aromatic carbocycles. The number of rotatable bonds is 4. The Labute approximate surface area is 123 Å². The number of nitrogens with zero attached hydrogens (tertiary/aromatic N) is 1. The molecule has 0 unspecified atom stereocenters. The SMILES string of the molecule is CCOc1ccc(N(C)C(=O)c2cccc(Cl)c2)cc1. The van der Waals surface area contributed by atoms with Crippen molar-refractivity contribution in [2.24, 2.45) is 0 Å². The standard InChI is InChI=1S/C16H16ClNO2/c1-3-20-15-9-7-14(8-10-15)18(2)16(19)12-5-4-6-13(17)11-12/h4-11H,3H2,1-2H3. The molecule has 0 aliphatic carbocycles. The lowest BCUT2D eigenvalue weighted by atomic mass is 10.2. The fourth-order valence-corrected chi connectivity index (χ4v) is 2.06. The van der Waals surface area contributed by atoms with E-state index in [1.165, 1.54) is 0 Å². The molecule has 0 aliphatic heterocycles. The van der Waals surface area contributed by atoms with Crippen LogP contribution in [0.4, 0.5) is 5.69 Å². The summed E-state index contributed by atoms with van der Waals surface area (Å²) in [6, 6.07) is 14.3. The highest BCUT2D eigenvalue weighted by Crippen LogP contribution is 2.21. The molecule has 0 spiro atoms. The Kier molecular flexibility index (Phi) is 4.64. The van der Waals surface area contributed by atoms with Gasteiger partial charge in [-0.2, -0.15) is 0 Å². The van der Waals surface area contributed by atoms with Crippen LogP contribution in [0.1, 0.15) is 17.3 Å². The lowest BCUT2D eigenvalue weighted by Gasteiger charge is -2.18. The first-order chi connectivity index (χ1) is 9.61. The van der Waals surface area contributed by atoms with Gasteiger partial charge in [-0.1, -0.05) is 17.7 Å². The van der Waals surface area contributed by atoms with Gasteiger partial charge < -0.3 is 9.64 Å². The molecular formula is C16H16ClNO2. The van der Waals surface area contributed by atoms with Gasteiger partial charge in [0.1, 0.15) is 5.75 Å². The highest BCUT2D eigenvalue weighted by atomic mass is 35.5. The van der Waals surface area contributed by atoms with E-state index >= 15 is 0 Å². The van der Waals surface area contributed by atoms with Crippen LogP contribution in [0.25, 0.3) is 0 Å². The van der Waals surface area contributed by atoms with Crippen molar-refractivity contribution in [3.05, 3.63) is 59.1 Å². The molecule has 2 aromatic rings. The minimum Gasteiger partial charge on any atom is -0.494 e. The quantitative estimate of drug-likeness (QED) is 0.851. The molecule has 2 rings (SSSR count). The van der Waals surface area contributed by atoms with E-state index in [4.69, 9.17) is 16.3 Å². The second-order valence-electron chi connectivity index (χ2n) is 4.30. The molecule has 1 amide bonds. The van der Waals surface area contributed by atoms with Crippen molar-refractivity contribution in [3.63, 3.8) is 0 Å². The molecule has 20 heavy (non-hydrogen) atoms.